The van der Waals surface area contributed by atoms with Crippen LogP contribution in [0.4, 0.5) is 0 Å². The second kappa shape index (κ2) is 22.4. The van der Waals surface area contributed by atoms with Gasteiger partial charge in [-0.3, -0.25) is 4.79 Å². The van der Waals surface area contributed by atoms with Crippen LogP contribution < -0.4 is 0 Å². The minimum absolute atomic E-state index is 0.0479. The molecule has 0 saturated carbocycles. The summed E-state index contributed by atoms with van der Waals surface area (Å²) in [5.74, 6) is -0.203. The van der Waals surface area contributed by atoms with Crippen molar-refractivity contribution < 1.29 is 19.4 Å². The Hall–Kier alpha value is -3.49. The van der Waals surface area contributed by atoms with Crippen molar-refractivity contribution >= 4 is 38.7 Å². The topological polar surface area (TPSA) is 83.0 Å². The number of fused-ring (bicyclic) bond motifs is 1. The van der Waals surface area contributed by atoms with Gasteiger partial charge in [-0.05, 0) is 73.1 Å². The van der Waals surface area contributed by atoms with Crippen molar-refractivity contribution in [2.45, 2.75) is 99.5 Å². The van der Waals surface area contributed by atoms with Gasteiger partial charge in [0, 0.05) is 40.8 Å². The number of morpholine rings is 1. The highest BCUT2D eigenvalue weighted by molar-refractivity contribution is 9.10. The van der Waals surface area contributed by atoms with E-state index in [1.807, 2.05) is 69.0 Å². The molecule has 2 heterocycles. The Morgan fingerprint density at radius 2 is 1.78 bits per heavy atom. The lowest BCUT2D eigenvalue weighted by Crippen LogP contribution is -2.46. The number of carbonyl (C=O) groups is 2. The highest BCUT2D eigenvalue weighted by Gasteiger charge is 2.28. The normalized spacial score (nSPS) is 16.4. The number of amides is 1. The number of unbranched alkanes of at least 4 members (excludes halogenated alkanes) is 3. The summed E-state index contributed by atoms with van der Waals surface area (Å²) >= 11 is 3.56. The van der Waals surface area contributed by atoms with Crippen molar-refractivity contribution in [2.75, 3.05) is 32.8 Å². The van der Waals surface area contributed by atoms with Gasteiger partial charge in [0.2, 0.25) is 5.91 Å². The van der Waals surface area contributed by atoms with Crippen molar-refractivity contribution in [3.05, 3.63) is 88.1 Å². The maximum Gasteiger partial charge on any atom is 0.335 e. The van der Waals surface area contributed by atoms with Crippen molar-refractivity contribution in [3.63, 3.8) is 0 Å². The molecule has 5 rings (SSSR count). The van der Waals surface area contributed by atoms with E-state index in [-0.39, 0.29) is 18.4 Å². The highest BCUT2D eigenvalue weighted by Crippen LogP contribution is 2.34. The molecule has 1 saturated heterocycles. The minimum atomic E-state index is -0.923. The lowest BCUT2D eigenvalue weighted by Gasteiger charge is -2.35. The first-order chi connectivity index (χ1) is 24.8. The number of aliphatic carboxylic acids is 1. The Labute approximate surface area is 315 Å². The number of ether oxygens (including phenoxy) is 1. The van der Waals surface area contributed by atoms with E-state index in [2.05, 4.69) is 65.0 Å². The van der Waals surface area contributed by atoms with Gasteiger partial charge in [0.05, 0.1) is 36.5 Å². The Morgan fingerprint density at radius 1 is 1.02 bits per heavy atom. The molecule has 1 aliphatic carbocycles. The number of hydrogen-bond donors (Lipinski definition) is 1. The zero-order valence-corrected chi connectivity index (χ0v) is 33.4. The molecular weight excluding hydrogens is 702 g/mol. The van der Waals surface area contributed by atoms with Gasteiger partial charge < -0.3 is 19.6 Å². The van der Waals surface area contributed by atoms with Crippen LogP contribution in [0.1, 0.15) is 98.5 Å². The molecule has 0 radical (unpaired) electrons. The van der Waals surface area contributed by atoms with Gasteiger partial charge in [-0.1, -0.05) is 120 Å². The van der Waals surface area contributed by atoms with Gasteiger partial charge in [-0.25, -0.2) is 9.78 Å². The number of allylic oxidation sites excluding steroid dienone is 2. The third-order valence-corrected chi connectivity index (χ3v) is 9.88. The monoisotopic (exact) mass is 761 g/mol. The zero-order chi connectivity index (χ0) is 37.2. The standard InChI is InChI=1S/C39H48BrN3O4.2C2H6/c1-3-4-5-6-9-28(2)22-32-11-7-12-33(39(45)46)25-37(32)43(27-38(44)42-18-20-47-21-19-42)26-29-14-16-35-31(23-29)15-17-36(41-35)30-10-8-13-34(40)24-30;2*1-2/h8,10,12-17,23-25,28,32H,3-7,9,11,18-22,26-27H2,1-2H3,(H,45,46);2*1-2H3. The first-order valence-electron chi connectivity index (χ1n) is 19.2. The van der Waals surface area contributed by atoms with E-state index in [0.717, 1.165) is 57.2 Å². The largest absolute Gasteiger partial charge is 0.478 e. The number of nitrogens with zero attached hydrogens (tertiary/aromatic N) is 3. The van der Waals surface area contributed by atoms with E-state index in [9.17, 15) is 14.7 Å². The second-order valence-electron chi connectivity index (χ2n) is 13.1. The smallest absolute Gasteiger partial charge is 0.335 e. The SMILES string of the molecule is CC.CC.CCCCCCC(C)CC1CCC=C(C(=O)O)C=C1N(CC(=O)N1CCOCC1)Cc1ccc2nc(-c3cccc(Br)c3)ccc2c1. The number of pyridine rings is 1. The van der Waals surface area contributed by atoms with E-state index < -0.39 is 5.97 Å². The lowest BCUT2D eigenvalue weighted by molar-refractivity contribution is -0.136. The van der Waals surface area contributed by atoms with E-state index in [4.69, 9.17) is 9.72 Å². The first-order valence-corrected chi connectivity index (χ1v) is 20.0. The maximum atomic E-state index is 13.7. The summed E-state index contributed by atoms with van der Waals surface area (Å²) in [6.07, 6.45) is 12.4. The Morgan fingerprint density at radius 3 is 2.49 bits per heavy atom. The Bertz CT molecular complexity index is 1600. The van der Waals surface area contributed by atoms with E-state index in [1.165, 1.54) is 25.7 Å². The molecule has 7 nitrogen and oxygen atoms in total. The molecule has 2 atom stereocenters. The molecule has 8 heteroatoms. The number of halogens is 1. The summed E-state index contributed by atoms with van der Waals surface area (Å²) in [6.45, 7) is 15.5. The molecule has 1 N–H and O–H groups in total. The number of carboxylic acid groups (broad SMARTS) is 1. The number of carbonyl (C=O) groups excluding carboxylic acids is 1. The number of carboxylic acids is 1. The number of aromatic nitrogens is 1. The molecule has 2 unspecified atom stereocenters. The van der Waals surface area contributed by atoms with Crippen LogP contribution in [-0.2, 0) is 20.9 Å². The summed E-state index contributed by atoms with van der Waals surface area (Å²) in [7, 11) is 0. The van der Waals surface area contributed by atoms with Crippen molar-refractivity contribution in [1.29, 1.82) is 0 Å². The molecular formula is C43H60BrN3O4. The molecule has 278 valence electrons. The van der Waals surface area contributed by atoms with Crippen LogP contribution in [0, 0.1) is 11.8 Å². The van der Waals surface area contributed by atoms with Crippen LogP contribution >= 0.6 is 15.9 Å². The molecule has 1 amide bonds. The highest BCUT2D eigenvalue weighted by atomic mass is 79.9. The van der Waals surface area contributed by atoms with E-state index >= 15 is 0 Å². The average molecular weight is 763 g/mol. The average Bonchev–Trinajstić information content (AvgIpc) is 3.37. The predicted molar refractivity (Wildman–Crippen MR) is 214 cm³/mol. The van der Waals surface area contributed by atoms with Crippen LogP contribution in [0.5, 0.6) is 0 Å². The quantitative estimate of drug-likeness (QED) is 0.165. The van der Waals surface area contributed by atoms with E-state index in [1.54, 1.807) is 0 Å². The summed E-state index contributed by atoms with van der Waals surface area (Å²) in [5.41, 5.74) is 5.19. The fraction of sp³-hybridized carbons (Fsp3) is 0.512. The fourth-order valence-electron chi connectivity index (χ4n) is 6.80. The van der Waals surface area contributed by atoms with Crippen LogP contribution in [0.25, 0.3) is 22.2 Å². The third-order valence-electron chi connectivity index (χ3n) is 9.39. The van der Waals surface area contributed by atoms with Crippen LogP contribution in [0.2, 0.25) is 0 Å². The summed E-state index contributed by atoms with van der Waals surface area (Å²) < 4.78 is 6.53. The van der Waals surface area contributed by atoms with Crippen LogP contribution in [0.15, 0.2) is 82.5 Å². The molecule has 2 aromatic carbocycles. The van der Waals surface area contributed by atoms with Crippen molar-refractivity contribution in [2.24, 2.45) is 11.8 Å². The molecule has 0 spiro atoms. The van der Waals surface area contributed by atoms with Gasteiger partial charge in [0.25, 0.3) is 0 Å². The first kappa shape index (κ1) is 41.9. The minimum Gasteiger partial charge on any atom is -0.478 e. The van der Waals surface area contributed by atoms with Crippen LogP contribution in [0.3, 0.4) is 0 Å². The zero-order valence-electron chi connectivity index (χ0n) is 31.8. The molecule has 3 aromatic rings. The summed E-state index contributed by atoms with van der Waals surface area (Å²) in [4.78, 5) is 35.0. The van der Waals surface area contributed by atoms with Gasteiger partial charge in [-0.15, -0.1) is 0 Å². The molecule has 1 fully saturated rings. The predicted octanol–water partition coefficient (Wildman–Crippen LogP) is 10.7. The molecule has 2 aliphatic rings. The van der Waals surface area contributed by atoms with Gasteiger partial charge in [0.1, 0.15) is 0 Å². The van der Waals surface area contributed by atoms with Gasteiger partial charge >= 0.3 is 5.97 Å². The number of benzene rings is 2. The third kappa shape index (κ3) is 12.9. The maximum absolute atomic E-state index is 13.7. The lowest BCUT2D eigenvalue weighted by atomic mass is 9.86. The van der Waals surface area contributed by atoms with Crippen molar-refractivity contribution in [1.82, 2.24) is 14.8 Å². The Balaban J connectivity index is 0.00000169. The molecule has 0 bridgehead atoms. The van der Waals surface area contributed by atoms with E-state index in [0.29, 0.717) is 50.8 Å². The number of rotatable bonds is 14. The van der Waals surface area contributed by atoms with Gasteiger partial charge in [-0.2, -0.15) is 0 Å². The fourth-order valence-corrected chi connectivity index (χ4v) is 7.20. The van der Waals surface area contributed by atoms with Crippen LogP contribution in [-0.4, -0.2) is 64.6 Å². The second-order valence-corrected chi connectivity index (χ2v) is 14.0. The van der Waals surface area contributed by atoms with Crippen molar-refractivity contribution in [3.8, 4) is 11.3 Å². The number of hydrogen-bond acceptors (Lipinski definition) is 5. The molecule has 51 heavy (non-hydrogen) atoms. The molecule has 1 aliphatic heterocycles. The summed E-state index contributed by atoms with van der Waals surface area (Å²) in [5, 5.41) is 11.1. The Kier molecular flexibility index (Phi) is 18.5. The molecule has 1 aromatic heterocycles. The van der Waals surface area contributed by atoms with Gasteiger partial charge in [0.15, 0.2) is 0 Å². The summed E-state index contributed by atoms with van der Waals surface area (Å²) in [6, 6.07) is 18.6.